The Kier molecular flexibility index (Phi) is 20.2. The number of aliphatic hydroxyl groups excluding tert-OH is 3. The average molecular weight is 1680 g/mol. The molecule has 16 atom stereocenters. The molecule has 16 heterocycles. The molecule has 0 aliphatic carbocycles. The normalized spacial score (nSPS) is 29.8. The number of phenolic OH excluding ortho intramolecular Hbond substituents is 2. The van der Waals surface area contributed by atoms with Crippen molar-refractivity contribution in [2.24, 2.45) is 0 Å². The molecule has 10 N–H and O–H groups in total. The summed E-state index contributed by atoms with van der Waals surface area (Å²) in [6, 6.07) is 18.6. The Hall–Kier alpha value is -8.49. The second kappa shape index (κ2) is 29.0. The predicted molar refractivity (Wildman–Crippen MR) is 414 cm³/mol. The van der Waals surface area contributed by atoms with E-state index in [0.29, 0.717) is 60.2 Å². The first-order chi connectivity index (χ1) is 53.4. The van der Waals surface area contributed by atoms with Crippen LogP contribution in [0.25, 0.3) is 21.8 Å². The van der Waals surface area contributed by atoms with Gasteiger partial charge in [0.1, 0.15) is 25.5 Å². The molecule has 14 aliphatic heterocycles. The molecule has 28 nitrogen and oxygen atoms in total. The van der Waals surface area contributed by atoms with E-state index in [4.69, 9.17) is 53.2 Å². The number of methoxy groups -OCH3 is 2. The average Bonchev–Trinajstić information content (AvgIpc) is 1.23. The molecule has 22 rings (SSSR count). The van der Waals surface area contributed by atoms with Crippen molar-refractivity contribution in [2.45, 2.75) is 169 Å². The fraction of sp³-hybridized carbons (Fsp3) is 0.476. The van der Waals surface area contributed by atoms with E-state index in [0.717, 1.165) is 122 Å². The number of H-pyrrole nitrogens is 2. The first-order valence-corrected chi connectivity index (χ1v) is 39.6. The van der Waals surface area contributed by atoms with Crippen LogP contribution in [-0.2, 0) is 78.2 Å². The van der Waals surface area contributed by atoms with Crippen molar-refractivity contribution >= 4 is 57.3 Å². The molecule has 31 heteroatoms. The number of carbonyl (C=O) groups excluding carboxylic acids is 2. The molecule has 0 amide bonds. The second-order valence-electron chi connectivity index (χ2n) is 31.5. The summed E-state index contributed by atoms with van der Waals surface area (Å²) in [7, 11) is 7.26. The molecule has 14 aliphatic rings. The van der Waals surface area contributed by atoms with Gasteiger partial charge in [0, 0.05) is 119 Å². The van der Waals surface area contributed by atoms with Gasteiger partial charge in [-0.3, -0.25) is 30.2 Å². The van der Waals surface area contributed by atoms with Crippen molar-refractivity contribution in [3.8, 4) is 52.1 Å². The van der Waals surface area contributed by atoms with Crippen LogP contribution >= 0.6 is 23.5 Å². The molecular weight excluding hydrogens is 1580 g/mol. The number of nitrogens with zero attached hydrogens (tertiary/aromatic N) is 6. The topological polar surface area (TPSA) is 365 Å². The van der Waals surface area contributed by atoms with Crippen LogP contribution in [0.3, 0.4) is 0 Å². The van der Waals surface area contributed by atoms with Gasteiger partial charge in [-0.25, -0.2) is 9.59 Å². The summed E-state index contributed by atoms with van der Waals surface area (Å²) in [4.78, 5) is 54.2. The summed E-state index contributed by atoms with van der Waals surface area (Å²) >= 11 is 3.29. The Labute approximate surface area is 676 Å². The summed E-state index contributed by atoms with van der Waals surface area (Å²) in [5, 5.41) is 91.2. The van der Waals surface area contributed by atoms with E-state index >= 15 is 0 Å². The maximum atomic E-state index is 14.9. The zero-order valence-corrected chi connectivity index (χ0v) is 66.3. The molecule has 6 aromatic carbocycles. The number of fused-ring (bicyclic) bond motifs is 22. The molecule has 2 aromatic heterocycles. The summed E-state index contributed by atoms with van der Waals surface area (Å²) in [5.74, 6) is 3.44. The van der Waals surface area contributed by atoms with Crippen LogP contribution < -0.4 is 39.1 Å². The number of piperazine rings is 2. The fourth-order valence-corrected chi connectivity index (χ4v) is 24.9. The van der Waals surface area contributed by atoms with Crippen molar-refractivity contribution in [2.75, 3.05) is 79.8 Å². The van der Waals surface area contributed by atoms with Crippen LogP contribution in [-0.4, -0.2) is 206 Å². The Bertz CT molecular complexity index is 5310. The van der Waals surface area contributed by atoms with E-state index in [1.54, 1.807) is 37.7 Å². The van der Waals surface area contributed by atoms with Crippen molar-refractivity contribution in [1.82, 2.24) is 40.2 Å². The quantitative estimate of drug-likeness (QED) is 0.0341. The number of carbonyl (C=O) groups is 2. The van der Waals surface area contributed by atoms with E-state index in [-0.39, 0.29) is 152 Å². The third kappa shape index (κ3) is 11.3. The minimum absolute atomic E-state index is 0. The number of ether oxygens (including phenoxy) is 8. The molecule has 2 spiro atoms. The van der Waals surface area contributed by atoms with Gasteiger partial charge in [0.15, 0.2) is 57.1 Å². The Balaban J connectivity index is 0.000000160. The van der Waals surface area contributed by atoms with E-state index in [2.05, 4.69) is 105 Å². The number of likely N-dealkylation sites (N-methyl/N-ethyl adjacent to an activating group) is 2. The van der Waals surface area contributed by atoms with Crippen molar-refractivity contribution in [3.63, 3.8) is 0 Å². The number of aliphatic hydroxyl groups is 3. The molecular formula is C82H92AgN10O18S2. The molecule has 0 saturated carbocycles. The molecule has 4 fully saturated rings. The van der Waals surface area contributed by atoms with Gasteiger partial charge in [-0.2, -0.15) is 5.26 Å². The van der Waals surface area contributed by atoms with Gasteiger partial charge in [-0.15, -0.1) is 33.6 Å². The predicted octanol–water partition coefficient (Wildman–Crippen LogP) is 8.71. The summed E-state index contributed by atoms with van der Waals surface area (Å²) in [6.45, 7) is 12.0. The van der Waals surface area contributed by atoms with Crippen molar-refractivity contribution in [3.05, 3.63) is 171 Å². The third-order valence-electron chi connectivity index (χ3n) is 26.3. The number of hydrogen-bond acceptors (Lipinski definition) is 26. The smallest absolute Gasteiger partial charge is 0.333 e. The second-order valence-corrected chi connectivity index (χ2v) is 33.7. The van der Waals surface area contributed by atoms with Gasteiger partial charge >= 0.3 is 11.9 Å². The van der Waals surface area contributed by atoms with Crippen LogP contribution in [0.4, 0.5) is 0 Å². The van der Waals surface area contributed by atoms with Crippen LogP contribution in [0.1, 0.15) is 142 Å². The zero-order chi connectivity index (χ0) is 77.6. The minimum atomic E-state index is -1.50. The largest absolute Gasteiger partial charge is 0.504 e. The van der Waals surface area contributed by atoms with E-state index in [1.165, 1.54) is 0 Å². The van der Waals surface area contributed by atoms with E-state index < -0.39 is 52.5 Å². The maximum Gasteiger partial charge on any atom is 0.333 e. The van der Waals surface area contributed by atoms with Gasteiger partial charge in [-0.1, -0.05) is 56.0 Å². The molecule has 1 radical (unpaired) electrons. The number of aromatic amines is 2. The minimum Gasteiger partial charge on any atom is -0.504 e. The number of nitrogens with one attached hydrogen (secondary N) is 4. The number of esters is 2. The van der Waals surface area contributed by atoms with Gasteiger partial charge in [0.2, 0.25) is 13.6 Å². The SMILES string of the molecule is C.COc1c(C)cc2c(c1O)[C@@H]1[C@@H]3[C@@H]4SC[C@]5(N[C@@H](CO)Cc6c5[nH]c5ccccc65)C(=O)OC[C@@H](c5c6c(c(C)c(C)c54)OCO6)N3[C@@H](C#N)[C@H](C2)N1C.COc1c(C)cc2c(c1O)[C@@H]1[C@@H]3[C@@H]4SC[C@]5(N[C@@H](CO)Cc6c5[nH]c5ccccc65)C(=O)OC[C@@H](c5c6c(c(C)c(C)c54)OCO6)N3[C@@H](O)[C@H](C2)N1C.O=[N+]([O-])O.[Ag]. The molecule has 8 bridgehead atoms. The Morgan fingerprint density at radius 1 is 0.611 bits per heavy atom. The van der Waals surface area contributed by atoms with Crippen molar-refractivity contribution < 1.29 is 106 Å². The number of aromatic hydroxyl groups is 2. The molecule has 4 saturated heterocycles. The van der Waals surface area contributed by atoms with Gasteiger partial charge < -0.3 is 78.6 Å². The number of benzene rings is 6. The van der Waals surface area contributed by atoms with Crippen LogP contribution in [0.2, 0.25) is 0 Å². The fourth-order valence-electron chi connectivity index (χ4n) is 21.5. The van der Waals surface area contributed by atoms with Crippen LogP contribution in [0.15, 0.2) is 60.7 Å². The number of rotatable bonds is 4. The van der Waals surface area contributed by atoms with E-state index in [9.17, 15) is 40.4 Å². The molecule has 113 heavy (non-hydrogen) atoms. The van der Waals surface area contributed by atoms with Gasteiger partial charge in [0.25, 0.3) is 5.09 Å². The monoisotopic (exact) mass is 1680 g/mol. The number of nitriles is 1. The Morgan fingerprint density at radius 3 is 1.45 bits per heavy atom. The first-order valence-electron chi connectivity index (χ1n) is 37.5. The molecule has 8 aromatic rings. The number of thioether (sulfide) groups is 2. The Morgan fingerprint density at radius 2 is 1.02 bits per heavy atom. The zero-order valence-electron chi connectivity index (χ0n) is 63.2. The number of aromatic nitrogens is 2. The number of aryl methyl sites for hydroxylation is 2. The number of hydrogen-bond donors (Lipinski definition) is 10. The molecule has 0 unspecified atom stereocenters. The summed E-state index contributed by atoms with van der Waals surface area (Å²) in [5.41, 5.74) is 16.1. The number of phenols is 2. The maximum absolute atomic E-state index is 14.9. The van der Waals surface area contributed by atoms with Crippen LogP contribution in [0, 0.1) is 63.0 Å². The summed E-state index contributed by atoms with van der Waals surface area (Å²) < 4.78 is 49.3. The van der Waals surface area contributed by atoms with Gasteiger partial charge in [-0.05, 0) is 160 Å². The third-order valence-corrected chi connectivity index (χ3v) is 29.3. The van der Waals surface area contributed by atoms with Gasteiger partial charge in [0.05, 0.1) is 75.1 Å². The number of para-hydroxylation sites is 2. The standard InChI is InChI=1S/C41H43N5O7S.C40H44N4O8S.CH4.Ag.HNO3/c1-18-10-21-11-26-27(13-42)46-28-15-51-40(49)41(39-24(12-22(14-47)44-41)23-8-6-7-9-25(23)43-39)16-54-38(29-19(2)20(3)36-37(31(28)29)53-17-52-36)33(46)32(45(26)4)30(21)34(48)35(18)50-5;1-17-10-20-11-25-38(47)44-26-14-50-39(48)40(37-23(12-21(13-45)42-40)22-8-6-7-9-24(22)41-37)15-53-36(27-18(2)19(3)34-35(29(26)27)52-16-51-34)31(44)30(43(25)4)28(20)32(46)33(17)49-5;;;2-1(3)4/h6-10,22,26-28,32-33,38,43-44,47-48H,11-12,14-17H2,1-5H3;6-10,21,25-26,30-31,36,38,41-42,45-47H,11-16H2,1-5H3;1H4;;(H,2,3,4)/t22-,26+,27+,28+,32-,33-,38-,41-;21-,25+,26+,30-,31-,36-,38+,40-;;;/m11.../s1. The van der Waals surface area contributed by atoms with Crippen LogP contribution in [0.5, 0.6) is 46.0 Å². The van der Waals surface area contributed by atoms with Crippen molar-refractivity contribution in [1.29, 1.82) is 5.26 Å². The summed E-state index contributed by atoms with van der Waals surface area (Å²) in [6.07, 6.45) is 1.26. The van der Waals surface area contributed by atoms with E-state index in [1.807, 2.05) is 57.3 Å². The first kappa shape index (κ1) is 78.4. The molecule has 601 valence electrons.